The lowest BCUT2D eigenvalue weighted by molar-refractivity contribution is -0.128. The molecule has 0 aromatic heterocycles. The van der Waals surface area contributed by atoms with Crippen molar-refractivity contribution in [3.63, 3.8) is 0 Å². The Kier molecular flexibility index (Phi) is 4.53. The zero-order chi connectivity index (χ0) is 17.3. The first-order valence-electron chi connectivity index (χ1n) is 7.75. The predicted molar refractivity (Wildman–Crippen MR) is 101 cm³/mol. The smallest absolute Gasteiger partial charge is 0.246 e. The topological polar surface area (TPSA) is 58.7 Å². The molecule has 1 heterocycles. The molecule has 122 valence electrons. The molecular weight excluding hydrogens is 366 g/mol. The molecular formula is C19H18BrN3O. The Labute approximate surface area is 149 Å². The van der Waals surface area contributed by atoms with Crippen LogP contribution in [0.3, 0.4) is 0 Å². The summed E-state index contributed by atoms with van der Waals surface area (Å²) in [6.07, 6.45) is 2.38. The maximum absolute atomic E-state index is 12.3. The van der Waals surface area contributed by atoms with E-state index in [2.05, 4.69) is 21.0 Å². The van der Waals surface area contributed by atoms with Gasteiger partial charge in [0.15, 0.2) is 0 Å². The fourth-order valence-electron chi connectivity index (χ4n) is 2.63. The Morgan fingerprint density at radius 2 is 1.92 bits per heavy atom. The Morgan fingerprint density at radius 1 is 1.21 bits per heavy atom. The standard InChI is InChI=1S/C19H18BrN3O/c1-3-18(24)23-12(2)10-14-4-7-15(20)11-17(14)19(22-23)13-5-8-16(21)9-6-13/h4-11H,3,21H2,1-2H3. The Morgan fingerprint density at radius 3 is 2.58 bits per heavy atom. The van der Waals surface area contributed by atoms with Crippen molar-refractivity contribution < 1.29 is 4.79 Å². The number of hydrogen-bond donors (Lipinski definition) is 1. The van der Waals surface area contributed by atoms with E-state index in [9.17, 15) is 4.79 Å². The number of hydrazone groups is 1. The number of nitrogen functional groups attached to an aromatic ring is 1. The van der Waals surface area contributed by atoms with Gasteiger partial charge in [-0.25, -0.2) is 5.01 Å². The van der Waals surface area contributed by atoms with E-state index in [1.807, 2.05) is 62.4 Å². The van der Waals surface area contributed by atoms with Gasteiger partial charge in [-0.1, -0.05) is 41.1 Å². The summed E-state index contributed by atoms with van der Waals surface area (Å²) in [6, 6.07) is 13.6. The third-order valence-corrected chi connectivity index (χ3v) is 4.38. The maximum atomic E-state index is 12.3. The number of carbonyl (C=O) groups is 1. The monoisotopic (exact) mass is 383 g/mol. The summed E-state index contributed by atoms with van der Waals surface area (Å²) in [5, 5.41) is 6.17. The summed E-state index contributed by atoms with van der Waals surface area (Å²) in [5.41, 5.74) is 11.0. The second-order valence-electron chi connectivity index (χ2n) is 5.65. The number of amides is 1. The zero-order valence-electron chi connectivity index (χ0n) is 13.6. The summed E-state index contributed by atoms with van der Waals surface area (Å²) >= 11 is 3.52. The van der Waals surface area contributed by atoms with Gasteiger partial charge in [0.25, 0.3) is 0 Å². The van der Waals surface area contributed by atoms with Crippen LogP contribution in [-0.4, -0.2) is 16.6 Å². The molecule has 0 unspecified atom stereocenters. The van der Waals surface area contributed by atoms with E-state index in [-0.39, 0.29) is 5.91 Å². The first-order valence-corrected chi connectivity index (χ1v) is 8.54. The number of hydrogen-bond acceptors (Lipinski definition) is 3. The quantitative estimate of drug-likeness (QED) is 0.781. The van der Waals surface area contributed by atoms with Gasteiger partial charge in [0, 0.05) is 33.4 Å². The molecule has 2 N–H and O–H groups in total. The number of anilines is 1. The molecule has 5 heteroatoms. The van der Waals surface area contributed by atoms with E-state index >= 15 is 0 Å². The van der Waals surface area contributed by atoms with E-state index in [1.54, 1.807) is 0 Å². The molecule has 0 bridgehead atoms. The van der Waals surface area contributed by atoms with Gasteiger partial charge in [-0.3, -0.25) is 4.79 Å². The second kappa shape index (κ2) is 6.61. The van der Waals surface area contributed by atoms with E-state index < -0.39 is 0 Å². The van der Waals surface area contributed by atoms with Crippen molar-refractivity contribution in [1.29, 1.82) is 0 Å². The van der Waals surface area contributed by atoms with Gasteiger partial charge in [0.1, 0.15) is 0 Å². The van der Waals surface area contributed by atoms with Gasteiger partial charge in [-0.15, -0.1) is 0 Å². The fourth-order valence-corrected chi connectivity index (χ4v) is 3.00. The van der Waals surface area contributed by atoms with Gasteiger partial charge in [-0.2, -0.15) is 5.10 Å². The van der Waals surface area contributed by atoms with Crippen molar-refractivity contribution in [2.75, 3.05) is 5.73 Å². The van der Waals surface area contributed by atoms with Crippen molar-refractivity contribution in [2.24, 2.45) is 5.10 Å². The number of rotatable bonds is 2. The third kappa shape index (κ3) is 3.12. The van der Waals surface area contributed by atoms with Crippen LogP contribution < -0.4 is 5.73 Å². The number of benzene rings is 2. The normalized spacial score (nSPS) is 13.7. The van der Waals surface area contributed by atoms with Crippen LogP contribution in [0.1, 0.15) is 37.0 Å². The van der Waals surface area contributed by atoms with Gasteiger partial charge in [0.05, 0.1) is 5.71 Å². The number of carbonyl (C=O) groups excluding carboxylic acids is 1. The molecule has 24 heavy (non-hydrogen) atoms. The van der Waals surface area contributed by atoms with Crippen molar-refractivity contribution >= 4 is 39.3 Å². The second-order valence-corrected chi connectivity index (χ2v) is 6.56. The van der Waals surface area contributed by atoms with Gasteiger partial charge in [-0.05, 0) is 42.8 Å². The zero-order valence-corrected chi connectivity index (χ0v) is 15.2. The highest BCUT2D eigenvalue weighted by atomic mass is 79.9. The third-order valence-electron chi connectivity index (χ3n) is 3.89. The number of nitrogens with two attached hydrogens (primary N) is 1. The number of allylic oxidation sites excluding steroid dienone is 1. The van der Waals surface area contributed by atoms with Gasteiger partial charge < -0.3 is 5.73 Å². The van der Waals surface area contributed by atoms with Crippen LogP contribution in [0.4, 0.5) is 5.69 Å². The van der Waals surface area contributed by atoms with Gasteiger partial charge >= 0.3 is 0 Å². The molecule has 0 spiro atoms. The first-order chi connectivity index (χ1) is 11.5. The van der Waals surface area contributed by atoms with Crippen molar-refractivity contribution in [1.82, 2.24) is 5.01 Å². The van der Waals surface area contributed by atoms with Gasteiger partial charge in [0.2, 0.25) is 5.91 Å². The first kappa shape index (κ1) is 16.5. The lowest BCUT2D eigenvalue weighted by Crippen LogP contribution is -2.24. The molecule has 1 aliphatic rings. The van der Waals surface area contributed by atoms with E-state index in [1.165, 1.54) is 5.01 Å². The molecule has 2 aromatic carbocycles. The lowest BCUT2D eigenvalue weighted by Gasteiger charge is -2.17. The molecule has 0 aliphatic carbocycles. The largest absolute Gasteiger partial charge is 0.399 e. The highest BCUT2D eigenvalue weighted by Gasteiger charge is 2.21. The number of nitrogens with zero attached hydrogens (tertiary/aromatic N) is 2. The predicted octanol–water partition coefficient (Wildman–Crippen LogP) is 4.40. The molecule has 0 saturated carbocycles. The average molecular weight is 384 g/mol. The Balaban J connectivity index is 2.24. The van der Waals surface area contributed by atoms with Crippen molar-refractivity contribution in [3.8, 4) is 0 Å². The highest BCUT2D eigenvalue weighted by Crippen LogP contribution is 2.27. The number of halogens is 1. The summed E-state index contributed by atoms with van der Waals surface area (Å²) in [6.45, 7) is 3.73. The minimum absolute atomic E-state index is 0.0384. The van der Waals surface area contributed by atoms with Crippen LogP contribution in [0.5, 0.6) is 0 Å². The van der Waals surface area contributed by atoms with E-state index in [0.717, 1.165) is 32.6 Å². The van der Waals surface area contributed by atoms with E-state index in [4.69, 9.17) is 5.73 Å². The van der Waals surface area contributed by atoms with Crippen LogP contribution in [0.25, 0.3) is 6.08 Å². The molecule has 0 radical (unpaired) electrons. The Bertz CT molecular complexity index is 853. The minimum Gasteiger partial charge on any atom is -0.399 e. The summed E-state index contributed by atoms with van der Waals surface area (Å²) in [7, 11) is 0. The summed E-state index contributed by atoms with van der Waals surface area (Å²) < 4.78 is 0.964. The molecule has 0 fully saturated rings. The highest BCUT2D eigenvalue weighted by molar-refractivity contribution is 9.10. The molecule has 2 aromatic rings. The molecule has 0 atom stereocenters. The van der Waals surface area contributed by atoms with Crippen LogP contribution in [0.2, 0.25) is 0 Å². The molecule has 3 rings (SSSR count). The minimum atomic E-state index is -0.0384. The van der Waals surface area contributed by atoms with Crippen LogP contribution in [-0.2, 0) is 4.79 Å². The van der Waals surface area contributed by atoms with E-state index in [0.29, 0.717) is 12.1 Å². The SMILES string of the molecule is CCC(=O)N1N=C(c2ccc(N)cc2)c2cc(Br)ccc2C=C1C. The van der Waals surface area contributed by atoms with Crippen LogP contribution in [0, 0.1) is 0 Å². The Hall–Kier alpha value is -2.40. The van der Waals surface area contributed by atoms with Crippen molar-refractivity contribution in [3.05, 3.63) is 69.3 Å². The fraction of sp³-hybridized carbons (Fsp3) is 0.158. The molecule has 1 aliphatic heterocycles. The molecule has 1 amide bonds. The maximum Gasteiger partial charge on any atom is 0.246 e. The lowest BCUT2D eigenvalue weighted by atomic mass is 9.97. The van der Waals surface area contributed by atoms with Crippen LogP contribution >= 0.6 is 15.9 Å². The van der Waals surface area contributed by atoms with Crippen molar-refractivity contribution in [2.45, 2.75) is 20.3 Å². The summed E-state index contributed by atoms with van der Waals surface area (Å²) in [5.74, 6) is -0.0384. The number of fused-ring (bicyclic) bond motifs is 1. The molecule has 0 saturated heterocycles. The average Bonchev–Trinajstić information content (AvgIpc) is 2.71. The molecule has 4 nitrogen and oxygen atoms in total. The van der Waals surface area contributed by atoms with Crippen LogP contribution in [0.15, 0.2) is 57.7 Å². The summed E-state index contributed by atoms with van der Waals surface area (Å²) in [4.78, 5) is 12.3.